The number of nitrogens with zero attached hydrogens (tertiary/aromatic N) is 3. The third kappa shape index (κ3) is 4.91. The highest BCUT2D eigenvalue weighted by Crippen LogP contribution is 2.21. The Labute approximate surface area is 149 Å². The summed E-state index contributed by atoms with van der Waals surface area (Å²) < 4.78 is 45.8. The molecule has 0 N–H and O–H groups in total. The fraction of sp³-hybridized carbons (Fsp3) is 0.647. The molecule has 0 radical (unpaired) electrons. The second kappa shape index (κ2) is 8.44. The number of halogens is 1. The standard InChI is InChI=1S/C17H26FN3O3S/c18-16-4-1-2-5-17(16)20-7-9-21(10-8-20)25(22,23)15-3-6-19-11-13-24-14-12-19/h1-2,4-5H,3,6-15H2. The van der Waals surface area contributed by atoms with E-state index in [1.54, 1.807) is 22.5 Å². The number of hydrogen-bond donors (Lipinski definition) is 0. The van der Waals surface area contributed by atoms with Crippen molar-refractivity contribution in [3.8, 4) is 0 Å². The number of piperazine rings is 1. The second-order valence-corrected chi connectivity index (χ2v) is 8.55. The van der Waals surface area contributed by atoms with Crippen LogP contribution >= 0.6 is 0 Å². The van der Waals surface area contributed by atoms with Crippen molar-refractivity contribution in [2.45, 2.75) is 6.42 Å². The molecule has 2 saturated heterocycles. The molecule has 140 valence electrons. The number of para-hydroxylation sites is 1. The molecule has 25 heavy (non-hydrogen) atoms. The van der Waals surface area contributed by atoms with Crippen LogP contribution in [0.5, 0.6) is 0 Å². The van der Waals surface area contributed by atoms with Crippen LogP contribution in [0.15, 0.2) is 24.3 Å². The lowest BCUT2D eigenvalue weighted by molar-refractivity contribution is 0.0380. The van der Waals surface area contributed by atoms with E-state index >= 15 is 0 Å². The van der Waals surface area contributed by atoms with Crippen molar-refractivity contribution in [3.05, 3.63) is 30.1 Å². The van der Waals surface area contributed by atoms with Crippen LogP contribution < -0.4 is 4.90 Å². The van der Waals surface area contributed by atoms with Crippen LogP contribution in [0.1, 0.15) is 6.42 Å². The van der Waals surface area contributed by atoms with Gasteiger partial charge >= 0.3 is 0 Å². The normalized spacial score (nSPS) is 20.8. The Bertz CT molecular complexity index is 657. The fourth-order valence-electron chi connectivity index (χ4n) is 3.34. The largest absolute Gasteiger partial charge is 0.379 e. The highest BCUT2D eigenvalue weighted by Gasteiger charge is 2.27. The monoisotopic (exact) mass is 371 g/mol. The Morgan fingerprint density at radius 3 is 2.36 bits per heavy atom. The molecular formula is C17H26FN3O3S. The average Bonchev–Trinajstić information content (AvgIpc) is 2.63. The summed E-state index contributed by atoms with van der Waals surface area (Å²) in [5.74, 6) is -0.0892. The molecule has 2 aliphatic heterocycles. The lowest BCUT2D eigenvalue weighted by Gasteiger charge is -2.35. The van der Waals surface area contributed by atoms with E-state index in [1.807, 2.05) is 4.90 Å². The van der Waals surface area contributed by atoms with E-state index in [9.17, 15) is 12.8 Å². The molecule has 0 unspecified atom stereocenters. The summed E-state index contributed by atoms with van der Waals surface area (Å²) >= 11 is 0. The zero-order chi connectivity index (χ0) is 17.7. The van der Waals surface area contributed by atoms with Gasteiger partial charge in [0.25, 0.3) is 0 Å². The molecule has 3 rings (SSSR count). The summed E-state index contributed by atoms with van der Waals surface area (Å²) in [5, 5.41) is 0. The van der Waals surface area contributed by atoms with Crippen molar-refractivity contribution < 1.29 is 17.5 Å². The lowest BCUT2D eigenvalue weighted by Crippen LogP contribution is -2.49. The maximum absolute atomic E-state index is 13.9. The van der Waals surface area contributed by atoms with Crippen LogP contribution in [0.25, 0.3) is 0 Å². The van der Waals surface area contributed by atoms with Crippen LogP contribution in [-0.4, -0.2) is 82.4 Å². The summed E-state index contributed by atoms with van der Waals surface area (Å²) in [6.45, 7) is 5.85. The maximum Gasteiger partial charge on any atom is 0.214 e. The van der Waals surface area contributed by atoms with E-state index in [0.29, 0.717) is 38.3 Å². The molecule has 0 amide bonds. The molecule has 0 spiro atoms. The lowest BCUT2D eigenvalue weighted by atomic mass is 10.2. The summed E-state index contributed by atoms with van der Waals surface area (Å²) in [6.07, 6.45) is 0.635. The van der Waals surface area contributed by atoms with Gasteiger partial charge in [0, 0.05) is 39.3 Å². The van der Waals surface area contributed by atoms with Gasteiger partial charge in [0.1, 0.15) is 5.82 Å². The number of morpholine rings is 1. The molecule has 0 saturated carbocycles. The van der Waals surface area contributed by atoms with Gasteiger partial charge in [-0.25, -0.2) is 12.8 Å². The van der Waals surface area contributed by atoms with Gasteiger partial charge in [-0.3, -0.25) is 4.90 Å². The van der Waals surface area contributed by atoms with E-state index in [2.05, 4.69) is 4.90 Å². The molecule has 6 nitrogen and oxygen atoms in total. The number of ether oxygens (including phenoxy) is 1. The topological polar surface area (TPSA) is 53.1 Å². The Hall–Kier alpha value is -1.22. The van der Waals surface area contributed by atoms with Crippen molar-refractivity contribution in [1.29, 1.82) is 0 Å². The third-order valence-corrected chi connectivity index (χ3v) is 6.76. The van der Waals surface area contributed by atoms with Gasteiger partial charge in [-0.15, -0.1) is 0 Å². The van der Waals surface area contributed by atoms with Gasteiger partial charge in [-0.05, 0) is 25.1 Å². The highest BCUT2D eigenvalue weighted by atomic mass is 32.2. The van der Waals surface area contributed by atoms with Gasteiger partial charge in [-0.2, -0.15) is 4.31 Å². The Balaban J connectivity index is 1.47. The minimum absolute atomic E-state index is 0.171. The van der Waals surface area contributed by atoms with Crippen LogP contribution in [0.3, 0.4) is 0 Å². The minimum atomic E-state index is -3.24. The number of sulfonamides is 1. The Kier molecular flexibility index (Phi) is 6.27. The number of benzene rings is 1. The molecule has 0 atom stereocenters. The Morgan fingerprint density at radius 2 is 1.68 bits per heavy atom. The predicted octanol–water partition coefficient (Wildman–Crippen LogP) is 1.000. The van der Waals surface area contributed by atoms with E-state index in [0.717, 1.165) is 32.8 Å². The maximum atomic E-state index is 13.9. The van der Waals surface area contributed by atoms with Crippen LogP contribution in [0.4, 0.5) is 10.1 Å². The van der Waals surface area contributed by atoms with Crippen molar-refractivity contribution in [1.82, 2.24) is 9.21 Å². The molecule has 0 aliphatic carbocycles. The number of rotatable bonds is 6. The molecule has 1 aromatic carbocycles. The van der Waals surface area contributed by atoms with Crippen LogP contribution in [0, 0.1) is 5.82 Å². The molecule has 1 aromatic rings. The Morgan fingerprint density at radius 1 is 1.00 bits per heavy atom. The molecule has 2 heterocycles. The summed E-state index contributed by atoms with van der Waals surface area (Å²) in [6, 6.07) is 6.63. The highest BCUT2D eigenvalue weighted by molar-refractivity contribution is 7.89. The first-order valence-corrected chi connectivity index (χ1v) is 10.4. The van der Waals surface area contributed by atoms with Crippen molar-refractivity contribution in [2.75, 3.05) is 69.7 Å². The van der Waals surface area contributed by atoms with E-state index in [1.165, 1.54) is 6.07 Å². The van der Waals surface area contributed by atoms with E-state index in [-0.39, 0.29) is 11.6 Å². The van der Waals surface area contributed by atoms with Crippen molar-refractivity contribution in [3.63, 3.8) is 0 Å². The van der Waals surface area contributed by atoms with E-state index in [4.69, 9.17) is 4.74 Å². The minimum Gasteiger partial charge on any atom is -0.379 e. The molecule has 0 bridgehead atoms. The third-order valence-electron chi connectivity index (χ3n) is 4.81. The second-order valence-electron chi connectivity index (χ2n) is 6.46. The first-order valence-electron chi connectivity index (χ1n) is 8.84. The van der Waals surface area contributed by atoms with Crippen LogP contribution in [-0.2, 0) is 14.8 Å². The van der Waals surface area contributed by atoms with Gasteiger partial charge < -0.3 is 9.64 Å². The SMILES string of the molecule is O=S(=O)(CCCN1CCOCC1)N1CCN(c2ccccc2F)CC1. The number of hydrogen-bond acceptors (Lipinski definition) is 5. The summed E-state index contributed by atoms with van der Waals surface area (Å²) in [5.41, 5.74) is 0.548. The molecule has 8 heteroatoms. The quantitative estimate of drug-likeness (QED) is 0.747. The van der Waals surface area contributed by atoms with Crippen molar-refractivity contribution >= 4 is 15.7 Å². The van der Waals surface area contributed by atoms with Crippen LogP contribution in [0.2, 0.25) is 0 Å². The zero-order valence-corrected chi connectivity index (χ0v) is 15.3. The zero-order valence-electron chi connectivity index (χ0n) is 14.4. The molecule has 2 aliphatic rings. The predicted molar refractivity (Wildman–Crippen MR) is 95.8 cm³/mol. The molecule has 0 aromatic heterocycles. The van der Waals surface area contributed by atoms with Gasteiger partial charge in [0.05, 0.1) is 24.7 Å². The first kappa shape index (κ1) is 18.6. The van der Waals surface area contributed by atoms with E-state index < -0.39 is 10.0 Å². The smallest absolute Gasteiger partial charge is 0.214 e. The van der Waals surface area contributed by atoms with Crippen molar-refractivity contribution in [2.24, 2.45) is 0 Å². The first-order chi connectivity index (χ1) is 12.1. The molecule has 2 fully saturated rings. The average molecular weight is 371 g/mol. The molecular weight excluding hydrogens is 345 g/mol. The summed E-state index contributed by atoms with van der Waals surface area (Å²) in [7, 11) is -3.24. The van der Waals surface area contributed by atoms with Gasteiger partial charge in [0.15, 0.2) is 0 Å². The summed E-state index contributed by atoms with van der Waals surface area (Å²) in [4.78, 5) is 4.16. The fourth-order valence-corrected chi connectivity index (χ4v) is 4.81. The number of anilines is 1. The van der Waals surface area contributed by atoms with Gasteiger partial charge in [-0.1, -0.05) is 12.1 Å². The van der Waals surface area contributed by atoms with Gasteiger partial charge in [0.2, 0.25) is 10.0 Å².